The highest BCUT2D eigenvalue weighted by Gasteiger charge is 2.14. The molecular formula is C10H18BrClN2O2. The zero-order valence-corrected chi connectivity index (χ0v) is 11.5. The molecule has 1 heterocycles. The Morgan fingerprint density at radius 3 is 2.81 bits per heavy atom. The molecule has 94 valence electrons. The molecule has 1 rings (SSSR count). The Hall–Kier alpha value is -0.100. The molecular weight excluding hydrogens is 295 g/mol. The Kier molecular flexibility index (Phi) is 8.93. The van der Waals surface area contributed by atoms with E-state index in [-0.39, 0.29) is 24.4 Å². The Morgan fingerprint density at radius 2 is 2.25 bits per heavy atom. The van der Waals surface area contributed by atoms with Crippen molar-refractivity contribution in [3.8, 4) is 0 Å². The largest absolute Gasteiger partial charge is 0.377 e. The van der Waals surface area contributed by atoms with Crippen molar-refractivity contribution in [3.63, 3.8) is 0 Å². The summed E-state index contributed by atoms with van der Waals surface area (Å²) in [6, 6.07) is 0. The zero-order valence-electron chi connectivity index (χ0n) is 9.13. The predicted molar refractivity (Wildman–Crippen MR) is 70.2 cm³/mol. The lowest BCUT2D eigenvalue weighted by molar-refractivity contribution is -0.120. The van der Waals surface area contributed by atoms with Crippen molar-refractivity contribution in [1.29, 1.82) is 0 Å². The van der Waals surface area contributed by atoms with Gasteiger partial charge in [0.25, 0.3) is 0 Å². The normalized spacial score (nSPS) is 18.9. The van der Waals surface area contributed by atoms with Gasteiger partial charge >= 0.3 is 0 Å². The lowest BCUT2D eigenvalue weighted by Crippen LogP contribution is -2.37. The van der Waals surface area contributed by atoms with Crippen molar-refractivity contribution in [2.75, 3.05) is 26.2 Å². The van der Waals surface area contributed by atoms with Gasteiger partial charge in [0.15, 0.2) is 0 Å². The molecule has 1 saturated heterocycles. The molecule has 1 aliphatic heterocycles. The first-order valence-corrected chi connectivity index (χ1v) is 5.90. The highest BCUT2D eigenvalue weighted by molar-refractivity contribution is 9.11. The van der Waals surface area contributed by atoms with Gasteiger partial charge in [-0.3, -0.25) is 4.79 Å². The molecule has 0 bridgehead atoms. The van der Waals surface area contributed by atoms with Crippen molar-refractivity contribution in [3.05, 3.63) is 11.1 Å². The third kappa shape index (κ3) is 7.22. The number of amides is 1. The summed E-state index contributed by atoms with van der Waals surface area (Å²) in [6.07, 6.45) is 2.50. The van der Waals surface area contributed by atoms with E-state index in [4.69, 9.17) is 4.74 Å². The first kappa shape index (κ1) is 15.9. The van der Waals surface area contributed by atoms with E-state index in [1.807, 2.05) is 0 Å². The van der Waals surface area contributed by atoms with Gasteiger partial charge in [0.1, 0.15) is 0 Å². The van der Waals surface area contributed by atoms with E-state index >= 15 is 0 Å². The van der Waals surface area contributed by atoms with Gasteiger partial charge in [-0.25, -0.2) is 0 Å². The molecule has 0 aliphatic carbocycles. The van der Waals surface area contributed by atoms with E-state index in [0.29, 0.717) is 13.1 Å². The number of carbonyl (C=O) groups excluding carboxylic acids is 1. The number of carbonyl (C=O) groups is 1. The average Bonchev–Trinajstić information content (AvgIpc) is 2.67. The Morgan fingerprint density at radius 1 is 1.50 bits per heavy atom. The van der Waals surface area contributed by atoms with Crippen LogP contribution in [0, 0.1) is 0 Å². The molecule has 0 aromatic heterocycles. The first-order chi connectivity index (χ1) is 7.18. The van der Waals surface area contributed by atoms with Crippen LogP contribution >= 0.6 is 28.3 Å². The van der Waals surface area contributed by atoms with Crippen LogP contribution < -0.4 is 10.6 Å². The Labute approximate surface area is 111 Å². The van der Waals surface area contributed by atoms with Crippen LogP contribution in [0.3, 0.4) is 0 Å². The maximum atomic E-state index is 11.2. The summed E-state index contributed by atoms with van der Waals surface area (Å²) in [5.74, 6) is -0.0198. The Bertz CT molecular complexity index is 233. The third-order valence-electron chi connectivity index (χ3n) is 2.16. The van der Waals surface area contributed by atoms with E-state index in [1.54, 1.807) is 0 Å². The van der Waals surface area contributed by atoms with Crippen LogP contribution in [-0.2, 0) is 9.53 Å². The van der Waals surface area contributed by atoms with Crippen LogP contribution in [0.25, 0.3) is 0 Å². The highest BCUT2D eigenvalue weighted by atomic mass is 79.9. The molecule has 0 aromatic carbocycles. The minimum atomic E-state index is -0.0198. The fourth-order valence-electron chi connectivity index (χ4n) is 1.41. The summed E-state index contributed by atoms with van der Waals surface area (Å²) in [5, 5.41) is 5.79. The van der Waals surface area contributed by atoms with Crippen molar-refractivity contribution in [1.82, 2.24) is 10.6 Å². The summed E-state index contributed by atoms with van der Waals surface area (Å²) in [7, 11) is 0. The van der Waals surface area contributed by atoms with Crippen molar-refractivity contribution in [2.45, 2.75) is 18.9 Å². The number of halogens is 2. The molecule has 1 unspecified atom stereocenters. The van der Waals surface area contributed by atoms with Gasteiger partial charge in [0.2, 0.25) is 5.91 Å². The van der Waals surface area contributed by atoms with Crippen molar-refractivity contribution < 1.29 is 9.53 Å². The van der Waals surface area contributed by atoms with Crippen molar-refractivity contribution in [2.24, 2.45) is 0 Å². The van der Waals surface area contributed by atoms with Crippen molar-refractivity contribution >= 4 is 34.2 Å². The van der Waals surface area contributed by atoms with Crippen LogP contribution in [0.5, 0.6) is 0 Å². The molecule has 1 atom stereocenters. The summed E-state index contributed by atoms with van der Waals surface area (Å²) in [6.45, 7) is 6.04. The third-order valence-corrected chi connectivity index (χ3v) is 2.44. The molecule has 16 heavy (non-hydrogen) atoms. The highest BCUT2D eigenvalue weighted by Crippen LogP contribution is 2.10. The standard InChI is InChI=1S/C10H17BrN2O2.ClH/c1-8(11)5-13-10(14)7-12-6-9-3-2-4-15-9;/h9,12H,1-7H2,(H,13,14);1H. The van der Waals surface area contributed by atoms with Gasteiger partial charge in [-0.15, -0.1) is 12.4 Å². The Balaban J connectivity index is 0.00000225. The summed E-state index contributed by atoms with van der Waals surface area (Å²) in [4.78, 5) is 11.2. The maximum Gasteiger partial charge on any atom is 0.234 e. The fourth-order valence-corrected chi connectivity index (χ4v) is 1.55. The second kappa shape index (κ2) is 8.98. The second-order valence-corrected chi connectivity index (χ2v) is 4.68. The van der Waals surface area contributed by atoms with Gasteiger partial charge < -0.3 is 15.4 Å². The fraction of sp³-hybridized carbons (Fsp3) is 0.700. The van der Waals surface area contributed by atoms with E-state index in [1.165, 1.54) is 0 Å². The van der Waals surface area contributed by atoms with E-state index in [0.717, 1.165) is 30.5 Å². The van der Waals surface area contributed by atoms with Gasteiger partial charge in [-0.2, -0.15) is 0 Å². The SMILES string of the molecule is C=C(Br)CNC(=O)CNCC1CCCO1.Cl. The quantitative estimate of drug-likeness (QED) is 0.775. The molecule has 6 heteroatoms. The molecule has 1 fully saturated rings. The van der Waals surface area contributed by atoms with Crippen LogP contribution in [0.4, 0.5) is 0 Å². The molecule has 4 nitrogen and oxygen atoms in total. The van der Waals surface area contributed by atoms with E-state index < -0.39 is 0 Å². The summed E-state index contributed by atoms with van der Waals surface area (Å²) < 4.78 is 6.19. The average molecular weight is 314 g/mol. The summed E-state index contributed by atoms with van der Waals surface area (Å²) in [5.41, 5.74) is 0. The van der Waals surface area contributed by atoms with E-state index in [9.17, 15) is 4.79 Å². The number of ether oxygens (including phenoxy) is 1. The molecule has 1 aliphatic rings. The van der Waals surface area contributed by atoms with Gasteiger partial charge in [-0.1, -0.05) is 22.5 Å². The number of hydrogen-bond donors (Lipinski definition) is 2. The number of nitrogens with one attached hydrogen (secondary N) is 2. The lowest BCUT2D eigenvalue weighted by Gasteiger charge is -2.10. The van der Waals surface area contributed by atoms with Crippen LogP contribution in [0.15, 0.2) is 11.1 Å². The van der Waals surface area contributed by atoms with E-state index in [2.05, 4.69) is 33.1 Å². The zero-order chi connectivity index (χ0) is 11.1. The van der Waals surface area contributed by atoms with Gasteiger partial charge in [-0.05, 0) is 12.8 Å². The maximum absolute atomic E-state index is 11.2. The molecule has 0 saturated carbocycles. The second-order valence-electron chi connectivity index (χ2n) is 3.56. The van der Waals surface area contributed by atoms with Gasteiger partial charge in [0, 0.05) is 24.2 Å². The van der Waals surface area contributed by atoms with Crippen LogP contribution in [-0.4, -0.2) is 38.3 Å². The molecule has 0 spiro atoms. The monoisotopic (exact) mass is 312 g/mol. The molecule has 0 radical (unpaired) electrons. The number of rotatable bonds is 6. The predicted octanol–water partition coefficient (Wildman–Crippen LogP) is 1.20. The smallest absolute Gasteiger partial charge is 0.234 e. The van der Waals surface area contributed by atoms with Crippen LogP contribution in [0.1, 0.15) is 12.8 Å². The molecule has 0 aromatic rings. The topological polar surface area (TPSA) is 50.4 Å². The van der Waals surface area contributed by atoms with Gasteiger partial charge in [0.05, 0.1) is 12.6 Å². The minimum Gasteiger partial charge on any atom is -0.377 e. The van der Waals surface area contributed by atoms with Crippen LogP contribution in [0.2, 0.25) is 0 Å². The number of hydrogen-bond acceptors (Lipinski definition) is 3. The molecule has 1 amide bonds. The first-order valence-electron chi connectivity index (χ1n) is 5.11. The lowest BCUT2D eigenvalue weighted by atomic mass is 10.2. The minimum absolute atomic E-state index is 0. The molecule has 2 N–H and O–H groups in total. The summed E-state index contributed by atoms with van der Waals surface area (Å²) >= 11 is 3.18.